The van der Waals surface area contributed by atoms with Gasteiger partial charge in [0, 0.05) is 121 Å². The molecule has 6 heterocycles. The number of pyridine rings is 4. The summed E-state index contributed by atoms with van der Waals surface area (Å²) in [5.41, 5.74) is 13.9. The highest BCUT2D eigenvalue weighted by atomic mass is 16.3. The minimum Gasteiger partial charge on any atom is -0.455 e. The van der Waals surface area contributed by atoms with Crippen LogP contribution in [0.3, 0.4) is 0 Å². The molecule has 270 valence electrons. The number of para-hydroxylation sites is 2. The summed E-state index contributed by atoms with van der Waals surface area (Å²) < 4.78 is 8.85. The van der Waals surface area contributed by atoms with E-state index in [4.69, 9.17) is 4.42 Å². The Morgan fingerprint density at radius 3 is 1.52 bits per heavy atom. The molecular weight excluding hydrogens is 713 g/mol. The zero-order valence-electron chi connectivity index (χ0n) is 30.9. The summed E-state index contributed by atoms with van der Waals surface area (Å²) in [5.74, 6) is 0. The molecule has 0 aliphatic heterocycles. The van der Waals surface area contributed by atoms with E-state index in [1.807, 2.05) is 73.3 Å². The summed E-state index contributed by atoms with van der Waals surface area (Å²) >= 11 is 0. The van der Waals surface area contributed by atoms with Crippen molar-refractivity contribution in [3.63, 3.8) is 0 Å². The van der Waals surface area contributed by atoms with Crippen molar-refractivity contribution in [2.45, 2.75) is 0 Å². The Bertz CT molecular complexity index is 3370. The Labute approximate surface area is 332 Å². The van der Waals surface area contributed by atoms with Gasteiger partial charge < -0.3 is 8.98 Å². The van der Waals surface area contributed by atoms with Crippen molar-refractivity contribution in [2.75, 3.05) is 0 Å². The van der Waals surface area contributed by atoms with E-state index in [1.165, 1.54) is 0 Å². The van der Waals surface area contributed by atoms with Crippen LogP contribution in [0.1, 0.15) is 5.56 Å². The quantitative estimate of drug-likeness (QED) is 0.168. The third kappa shape index (κ3) is 5.13. The molecule has 5 aromatic carbocycles. The molecule has 0 saturated carbocycles. The van der Waals surface area contributed by atoms with E-state index in [9.17, 15) is 5.26 Å². The third-order valence-corrected chi connectivity index (χ3v) is 11.0. The molecule has 0 amide bonds. The van der Waals surface area contributed by atoms with Crippen LogP contribution in [0, 0.1) is 11.3 Å². The van der Waals surface area contributed by atoms with Gasteiger partial charge in [0.15, 0.2) is 0 Å². The number of nitrogens with zero attached hydrogens (tertiary/aromatic N) is 6. The van der Waals surface area contributed by atoms with Gasteiger partial charge in [-0.3, -0.25) is 19.9 Å². The molecule has 0 radical (unpaired) electrons. The van der Waals surface area contributed by atoms with E-state index >= 15 is 0 Å². The lowest BCUT2D eigenvalue weighted by molar-refractivity contribution is 0.673. The summed E-state index contributed by atoms with van der Waals surface area (Å²) in [7, 11) is 0. The number of benzene rings is 5. The highest BCUT2D eigenvalue weighted by molar-refractivity contribution is 6.24. The van der Waals surface area contributed by atoms with Crippen LogP contribution < -0.4 is 0 Å². The summed E-state index contributed by atoms with van der Waals surface area (Å²) in [6.07, 6.45) is 14.5. The lowest BCUT2D eigenvalue weighted by Crippen LogP contribution is -2.03. The Morgan fingerprint density at radius 2 is 0.948 bits per heavy atom. The van der Waals surface area contributed by atoms with Crippen LogP contribution in [0.4, 0.5) is 0 Å². The van der Waals surface area contributed by atoms with Crippen LogP contribution >= 0.6 is 0 Å². The van der Waals surface area contributed by atoms with Gasteiger partial charge in [-0.05, 0) is 66.2 Å². The van der Waals surface area contributed by atoms with Gasteiger partial charge >= 0.3 is 0 Å². The Kier molecular flexibility index (Phi) is 7.73. The van der Waals surface area contributed by atoms with E-state index in [0.29, 0.717) is 5.56 Å². The fourth-order valence-electron chi connectivity index (χ4n) is 8.64. The van der Waals surface area contributed by atoms with Gasteiger partial charge in [0.25, 0.3) is 0 Å². The fraction of sp³-hybridized carbons (Fsp3) is 0. The number of hydrogen-bond donors (Lipinski definition) is 0. The van der Waals surface area contributed by atoms with E-state index in [1.54, 1.807) is 24.8 Å². The number of furan rings is 1. The third-order valence-electron chi connectivity index (χ3n) is 11.0. The zero-order chi connectivity index (χ0) is 38.6. The molecule has 0 bridgehead atoms. The lowest BCUT2D eigenvalue weighted by atomic mass is 9.76. The average Bonchev–Trinajstić information content (AvgIpc) is 3.85. The van der Waals surface area contributed by atoms with Gasteiger partial charge in [-0.1, -0.05) is 72.8 Å². The molecule has 0 unspecified atom stereocenters. The zero-order valence-corrected chi connectivity index (χ0v) is 30.9. The maximum Gasteiger partial charge on any atom is 0.145 e. The molecular formula is C51H30N6O. The monoisotopic (exact) mass is 742 g/mol. The highest BCUT2D eigenvalue weighted by Crippen LogP contribution is 2.52. The Balaban J connectivity index is 1.22. The van der Waals surface area contributed by atoms with Gasteiger partial charge in [-0.25, -0.2) is 0 Å². The lowest BCUT2D eigenvalue weighted by Gasteiger charge is -2.25. The average molecular weight is 743 g/mol. The van der Waals surface area contributed by atoms with Crippen molar-refractivity contribution >= 4 is 43.7 Å². The van der Waals surface area contributed by atoms with Crippen molar-refractivity contribution in [1.29, 1.82) is 5.26 Å². The highest BCUT2D eigenvalue weighted by Gasteiger charge is 2.29. The summed E-state index contributed by atoms with van der Waals surface area (Å²) in [5, 5.41) is 15.8. The van der Waals surface area contributed by atoms with Crippen molar-refractivity contribution < 1.29 is 4.42 Å². The second-order valence-electron chi connectivity index (χ2n) is 14.2. The van der Waals surface area contributed by atoms with Crippen LogP contribution in [-0.4, -0.2) is 24.5 Å². The van der Waals surface area contributed by atoms with Crippen molar-refractivity contribution in [2.24, 2.45) is 0 Å². The number of rotatable bonds is 6. The molecule has 58 heavy (non-hydrogen) atoms. The molecule has 0 atom stereocenters. The first-order valence-corrected chi connectivity index (χ1v) is 19.0. The molecule has 0 aliphatic carbocycles. The molecule has 0 spiro atoms. The molecule has 0 N–H and O–H groups in total. The van der Waals surface area contributed by atoms with Gasteiger partial charge in [0.05, 0.1) is 22.0 Å². The number of hydrogen-bond acceptors (Lipinski definition) is 6. The van der Waals surface area contributed by atoms with Crippen LogP contribution in [0.15, 0.2) is 187 Å². The van der Waals surface area contributed by atoms with E-state index in [2.05, 4.69) is 116 Å². The predicted octanol–water partition coefficient (Wildman–Crippen LogP) is 12.5. The maximum atomic E-state index is 11.4. The molecule has 11 rings (SSSR count). The van der Waals surface area contributed by atoms with Gasteiger partial charge in [0.1, 0.15) is 17.2 Å². The molecule has 0 fully saturated rings. The SMILES string of the molecule is N#Cc1c(-c2ccc(-n3c4ccccc4c4c5oc6ccccc6c5ccc43)cc2)c(-c2cccnc2)c(-c2cccnc2)c(-c2cccnc2)c1-c1cccnc1. The van der Waals surface area contributed by atoms with Gasteiger partial charge in [0.2, 0.25) is 0 Å². The van der Waals surface area contributed by atoms with E-state index < -0.39 is 0 Å². The number of nitriles is 1. The predicted molar refractivity (Wildman–Crippen MR) is 231 cm³/mol. The van der Waals surface area contributed by atoms with Gasteiger partial charge in [-0.2, -0.15) is 5.26 Å². The number of aromatic nitrogens is 5. The number of fused-ring (bicyclic) bond motifs is 7. The molecule has 0 aliphatic rings. The topological polar surface area (TPSA) is 93.4 Å². The van der Waals surface area contributed by atoms with E-state index in [0.717, 1.165) is 105 Å². The molecule has 6 aromatic heterocycles. The molecule has 0 saturated heterocycles. The second-order valence-corrected chi connectivity index (χ2v) is 14.2. The first-order chi connectivity index (χ1) is 28.8. The fourth-order valence-corrected chi connectivity index (χ4v) is 8.64. The molecule has 7 nitrogen and oxygen atoms in total. The van der Waals surface area contributed by atoms with Crippen molar-refractivity contribution in [1.82, 2.24) is 24.5 Å². The standard InChI is InChI=1S/C51H30N6O/c52-27-41-45(32-17-19-37(20-18-32)57-42-15-3-1-14-40(42)50-43(57)22-21-39-38-13-2-4-16-44(38)58-51(39)50)47(34-10-6-24-54-29-34)49(36-12-8-26-56-31-36)48(35-11-7-25-55-30-35)46(41)33-9-5-23-53-28-33/h1-26,28-31H. The van der Waals surface area contributed by atoms with Crippen LogP contribution in [0.25, 0.3) is 105 Å². The summed E-state index contributed by atoms with van der Waals surface area (Å²) in [6, 6.07) is 48.1. The van der Waals surface area contributed by atoms with Crippen molar-refractivity contribution in [3.8, 4) is 67.4 Å². The minimum atomic E-state index is 0.523. The van der Waals surface area contributed by atoms with Crippen LogP contribution in [0.5, 0.6) is 0 Å². The largest absolute Gasteiger partial charge is 0.455 e. The van der Waals surface area contributed by atoms with Gasteiger partial charge in [-0.15, -0.1) is 0 Å². The van der Waals surface area contributed by atoms with E-state index in [-0.39, 0.29) is 0 Å². The minimum absolute atomic E-state index is 0.523. The molecule has 11 aromatic rings. The second kappa shape index (κ2) is 13.5. The maximum absolute atomic E-state index is 11.4. The van der Waals surface area contributed by atoms with Crippen molar-refractivity contribution in [3.05, 3.63) is 189 Å². The first kappa shape index (κ1) is 33.2. The first-order valence-electron chi connectivity index (χ1n) is 19.0. The van der Waals surface area contributed by atoms with Crippen LogP contribution in [0.2, 0.25) is 0 Å². The Morgan fingerprint density at radius 1 is 0.431 bits per heavy atom. The smallest absolute Gasteiger partial charge is 0.145 e. The van der Waals surface area contributed by atoms with Crippen LogP contribution in [-0.2, 0) is 0 Å². The summed E-state index contributed by atoms with van der Waals surface area (Å²) in [4.78, 5) is 18.2. The molecule has 7 heteroatoms. The normalized spacial score (nSPS) is 11.4. The Hall–Kier alpha value is -8.21. The summed E-state index contributed by atoms with van der Waals surface area (Å²) in [6.45, 7) is 0.